The van der Waals surface area contributed by atoms with Gasteiger partial charge in [-0.2, -0.15) is 0 Å². The van der Waals surface area contributed by atoms with E-state index in [1.807, 2.05) is 0 Å². The smallest absolute Gasteiger partial charge is 0.243 e. The molecule has 13 heteroatoms. The second-order valence-corrected chi connectivity index (χ2v) is 8.94. The van der Waals surface area contributed by atoms with Crippen LogP contribution >= 0.6 is 11.6 Å². The summed E-state index contributed by atoms with van der Waals surface area (Å²) in [6, 6.07) is 8.52. The van der Waals surface area contributed by atoms with Crippen LogP contribution in [-0.4, -0.2) is 53.1 Å². The van der Waals surface area contributed by atoms with Crippen LogP contribution in [0.25, 0.3) is 17.3 Å². The van der Waals surface area contributed by atoms with Crippen LogP contribution in [0.3, 0.4) is 0 Å². The molecule has 3 heterocycles. The van der Waals surface area contributed by atoms with Crippen molar-refractivity contribution in [2.75, 3.05) is 24.7 Å². The quantitative estimate of drug-likeness (QED) is 0.375. The summed E-state index contributed by atoms with van der Waals surface area (Å²) in [5.74, 6) is 1.43. The zero-order chi connectivity index (χ0) is 23.4. The van der Waals surface area contributed by atoms with E-state index in [0.29, 0.717) is 33.8 Å². The zero-order valence-electron chi connectivity index (χ0n) is 17.6. The molecule has 33 heavy (non-hydrogen) atoms. The van der Waals surface area contributed by atoms with Crippen molar-refractivity contribution in [3.05, 3.63) is 59.8 Å². The van der Waals surface area contributed by atoms with Gasteiger partial charge in [0.05, 0.1) is 31.3 Å². The average Bonchev–Trinajstić information content (AvgIpc) is 3.48. The zero-order valence-corrected chi connectivity index (χ0v) is 19.2. The van der Waals surface area contributed by atoms with Gasteiger partial charge in [0.25, 0.3) is 0 Å². The third kappa shape index (κ3) is 4.91. The number of para-hydroxylation sites is 1. The van der Waals surface area contributed by atoms with Gasteiger partial charge in [-0.05, 0) is 24.3 Å². The molecular formula is C20H19ClN6O5S. The Labute approximate surface area is 194 Å². The lowest BCUT2D eigenvalue weighted by atomic mass is 10.2. The molecule has 0 saturated carbocycles. The number of aryl methyl sites for hydroxylation is 1. The molecule has 0 fully saturated rings. The molecule has 0 amide bonds. The Morgan fingerprint density at radius 1 is 1.06 bits per heavy atom. The maximum absolute atomic E-state index is 12.9. The fourth-order valence-electron chi connectivity index (χ4n) is 3.06. The molecular weight excluding hydrogens is 472 g/mol. The van der Waals surface area contributed by atoms with Crippen LogP contribution in [0.15, 0.2) is 53.4 Å². The van der Waals surface area contributed by atoms with Gasteiger partial charge >= 0.3 is 0 Å². The topological polar surface area (TPSA) is 134 Å². The lowest BCUT2D eigenvalue weighted by Gasteiger charge is -2.17. The summed E-state index contributed by atoms with van der Waals surface area (Å²) in [6.07, 6.45) is 4.36. The number of anilines is 1. The van der Waals surface area contributed by atoms with Crippen molar-refractivity contribution in [1.82, 2.24) is 24.7 Å². The van der Waals surface area contributed by atoms with E-state index in [1.165, 1.54) is 37.4 Å². The van der Waals surface area contributed by atoms with Gasteiger partial charge in [-0.1, -0.05) is 17.7 Å². The van der Waals surface area contributed by atoms with E-state index in [4.69, 9.17) is 25.5 Å². The maximum atomic E-state index is 12.9. The second-order valence-electron chi connectivity index (χ2n) is 6.66. The van der Waals surface area contributed by atoms with Gasteiger partial charge in [0.2, 0.25) is 21.8 Å². The maximum Gasteiger partial charge on any atom is 0.243 e. The lowest BCUT2D eigenvalue weighted by Crippen LogP contribution is -2.21. The highest BCUT2D eigenvalue weighted by molar-refractivity contribution is 7.92. The summed E-state index contributed by atoms with van der Waals surface area (Å²) >= 11 is 5.78. The largest absolute Gasteiger partial charge is 0.494 e. The number of nitrogens with zero attached hydrogens (tertiary/aromatic N) is 5. The normalized spacial score (nSPS) is 11.4. The summed E-state index contributed by atoms with van der Waals surface area (Å²) in [5, 5.41) is 8.56. The van der Waals surface area contributed by atoms with Crippen molar-refractivity contribution in [2.45, 2.75) is 6.42 Å². The average molecular weight is 491 g/mol. The highest BCUT2D eigenvalue weighted by Gasteiger charge is 2.26. The molecule has 172 valence electrons. The molecule has 0 unspecified atom stereocenters. The minimum Gasteiger partial charge on any atom is -0.494 e. The van der Waals surface area contributed by atoms with Gasteiger partial charge < -0.3 is 13.9 Å². The summed E-state index contributed by atoms with van der Waals surface area (Å²) in [4.78, 5) is 8.05. The minimum absolute atomic E-state index is 0.0683. The van der Waals surface area contributed by atoms with E-state index < -0.39 is 10.0 Å². The molecule has 0 radical (unpaired) electrons. The Morgan fingerprint density at radius 3 is 2.36 bits per heavy atom. The molecule has 0 spiro atoms. The van der Waals surface area contributed by atoms with Gasteiger partial charge in [0.1, 0.15) is 23.0 Å². The van der Waals surface area contributed by atoms with Gasteiger partial charge in [-0.25, -0.2) is 18.4 Å². The highest BCUT2D eigenvalue weighted by Crippen LogP contribution is 2.37. The second kappa shape index (κ2) is 9.46. The van der Waals surface area contributed by atoms with Crippen molar-refractivity contribution >= 4 is 27.6 Å². The van der Waals surface area contributed by atoms with Crippen molar-refractivity contribution in [2.24, 2.45) is 0 Å². The summed E-state index contributed by atoms with van der Waals surface area (Å²) in [6.45, 7) is 0. The molecule has 11 nitrogen and oxygen atoms in total. The van der Waals surface area contributed by atoms with Crippen molar-refractivity contribution in [3.8, 4) is 28.8 Å². The van der Waals surface area contributed by atoms with Crippen LogP contribution in [0.4, 0.5) is 5.95 Å². The molecule has 0 aliphatic carbocycles. The first-order valence-electron chi connectivity index (χ1n) is 9.59. The van der Waals surface area contributed by atoms with Gasteiger partial charge in [-0.15, -0.1) is 10.2 Å². The Bertz CT molecular complexity index is 1320. The monoisotopic (exact) mass is 490 g/mol. The molecule has 0 saturated heterocycles. The summed E-state index contributed by atoms with van der Waals surface area (Å²) < 4.78 is 46.1. The SMILES string of the molecule is COc1cccc(OC)c1-n1c(NS(=O)(=O)CCc2ncc(Cl)cn2)nnc1-c1ccco1. The Hall–Kier alpha value is -3.64. The summed E-state index contributed by atoms with van der Waals surface area (Å²) in [5.41, 5.74) is 0.401. The van der Waals surface area contributed by atoms with Crippen LogP contribution in [-0.2, 0) is 16.4 Å². The molecule has 0 bridgehead atoms. The van der Waals surface area contributed by atoms with E-state index >= 15 is 0 Å². The van der Waals surface area contributed by atoms with E-state index in [2.05, 4.69) is 24.9 Å². The number of rotatable bonds is 9. The van der Waals surface area contributed by atoms with Crippen LogP contribution in [0.2, 0.25) is 5.02 Å². The van der Waals surface area contributed by atoms with Crippen molar-refractivity contribution in [1.29, 1.82) is 0 Å². The minimum atomic E-state index is -3.87. The van der Waals surface area contributed by atoms with Gasteiger partial charge in [0.15, 0.2) is 5.76 Å². The van der Waals surface area contributed by atoms with E-state index in [-0.39, 0.29) is 23.9 Å². The number of benzene rings is 1. The van der Waals surface area contributed by atoms with Gasteiger partial charge in [0, 0.05) is 18.8 Å². The first-order valence-corrected chi connectivity index (χ1v) is 11.6. The van der Waals surface area contributed by atoms with Crippen LogP contribution in [0.5, 0.6) is 11.5 Å². The molecule has 3 aromatic heterocycles. The first kappa shape index (κ1) is 22.6. The van der Waals surface area contributed by atoms with E-state index in [0.717, 1.165) is 0 Å². The van der Waals surface area contributed by atoms with Crippen LogP contribution in [0.1, 0.15) is 5.82 Å². The number of methoxy groups -OCH3 is 2. The third-order valence-electron chi connectivity index (χ3n) is 4.55. The summed E-state index contributed by atoms with van der Waals surface area (Å²) in [7, 11) is -0.884. The predicted octanol–water partition coefficient (Wildman–Crippen LogP) is 2.97. The number of ether oxygens (including phenoxy) is 2. The fourth-order valence-corrected chi connectivity index (χ4v) is 4.12. The highest BCUT2D eigenvalue weighted by atomic mass is 35.5. The van der Waals surface area contributed by atoms with Gasteiger partial charge in [-0.3, -0.25) is 9.29 Å². The number of nitrogens with one attached hydrogen (secondary N) is 1. The Balaban J connectivity index is 1.73. The van der Waals surface area contributed by atoms with Crippen molar-refractivity contribution < 1.29 is 22.3 Å². The van der Waals surface area contributed by atoms with E-state index in [9.17, 15) is 8.42 Å². The number of hydrogen-bond donors (Lipinski definition) is 1. The molecule has 4 aromatic rings. The lowest BCUT2D eigenvalue weighted by molar-refractivity contribution is 0.391. The van der Waals surface area contributed by atoms with Crippen LogP contribution in [0, 0.1) is 0 Å². The molecule has 0 atom stereocenters. The fraction of sp³-hybridized carbons (Fsp3) is 0.200. The molecule has 4 rings (SSSR count). The first-order chi connectivity index (χ1) is 15.9. The number of hydrogen-bond acceptors (Lipinski definition) is 9. The standard InChI is InChI=1S/C20H19ClN6O5S/c1-30-14-5-3-6-15(31-2)18(14)27-19(16-7-4-9-32-16)24-25-20(27)26-33(28,29)10-8-17-22-11-13(21)12-23-17/h3-7,9,11-12H,8,10H2,1-2H3,(H,25,26). The molecule has 1 N–H and O–H groups in total. The predicted molar refractivity (Wildman–Crippen MR) is 120 cm³/mol. The Morgan fingerprint density at radius 2 is 1.76 bits per heavy atom. The Kier molecular flexibility index (Phi) is 6.47. The molecule has 1 aromatic carbocycles. The number of sulfonamides is 1. The number of aromatic nitrogens is 5. The van der Waals surface area contributed by atoms with Crippen molar-refractivity contribution in [3.63, 3.8) is 0 Å². The number of halogens is 1. The number of furan rings is 1. The van der Waals surface area contributed by atoms with E-state index in [1.54, 1.807) is 30.3 Å². The molecule has 0 aliphatic rings. The van der Waals surface area contributed by atoms with Crippen LogP contribution < -0.4 is 14.2 Å². The molecule has 0 aliphatic heterocycles. The third-order valence-corrected chi connectivity index (χ3v) is 5.98.